The van der Waals surface area contributed by atoms with Crippen molar-refractivity contribution in [3.63, 3.8) is 0 Å². The molecule has 1 aliphatic heterocycles. The van der Waals surface area contributed by atoms with Gasteiger partial charge < -0.3 is 14.3 Å². The van der Waals surface area contributed by atoms with Crippen molar-refractivity contribution < 1.29 is 4.42 Å². The van der Waals surface area contributed by atoms with E-state index in [1.54, 1.807) is 0 Å². The van der Waals surface area contributed by atoms with Gasteiger partial charge in [0.15, 0.2) is 0 Å². The van der Waals surface area contributed by atoms with Crippen LogP contribution in [0.1, 0.15) is 69.5 Å². The molecule has 33 heavy (non-hydrogen) atoms. The van der Waals surface area contributed by atoms with Crippen molar-refractivity contribution in [2.45, 2.75) is 65.3 Å². The summed E-state index contributed by atoms with van der Waals surface area (Å²) in [7, 11) is 0. The maximum absolute atomic E-state index is 6.23. The first-order chi connectivity index (χ1) is 15.9. The molecule has 0 spiro atoms. The molecule has 0 saturated carbocycles. The van der Waals surface area contributed by atoms with E-state index in [9.17, 15) is 0 Å². The number of hydrogen-bond acceptors (Lipinski definition) is 5. The first-order valence-electron chi connectivity index (χ1n) is 12.1. The molecule has 1 aliphatic rings. The van der Waals surface area contributed by atoms with Crippen LogP contribution in [0, 0.1) is 6.92 Å². The van der Waals surface area contributed by atoms with Crippen LogP contribution in [-0.4, -0.2) is 44.2 Å². The van der Waals surface area contributed by atoms with Crippen LogP contribution < -0.4 is 0 Å². The molecular formula is C27H33N5O. The highest BCUT2D eigenvalue weighted by molar-refractivity contribution is 5.93. The van der Waals surface area contributed by atoms with Crippen molar-refractivity contribution in [2.75, 3.05) is 13.1 Å². The summed E-state index contributed by atoms with van der Waals surface area (Å²) in [4.78, 5) is 10.5. The highest BCUT2D eigenvalue weighted by Crippen LogP contribution is 2.38. The third-order valence-electron chi connectivity index (χ3n) is 6.82. The number of aromatic nitrogens is 4. The van der Waals surface area contributed by atoms with Crippen molar-refractivity contribution in [1.82, 2.24) is 25.1 Å². The fourth-order valence-electron chi connectivity index (χ4n) is 5.07. The van der Waals surface area contributed by atoms with E-state index in [-0.39, 0.29) is 0 Å². The first kappa shape index (κ1) is 21.8. The summed E-state index contributed by atoms with van der Waals surface area (Å²) >= 11 is 0. The number of nitrogens with one attached hydrogen (secondary N) is 1. The first-order valence-corrected chi connectivity index (χ1v) is 12.1. The van der Waals surface area contributed by atoms with Gasteiger partial charge in [0.25, 0.3) is 0 Å². The second-order valence-corrected chi connectivity index (χ2v) is 9.89. The van der Waals surface area contributed by atoms with Gasteiger partial charge >= 0.3 is 0 Å². The van der Waals surface area contributed by atoms with Crippen LogP contribution in [-0.2, 0) is 0 Å². The Morgan fingerprint density at radius 2 is 1.91 bits per heavy atom. The molecule has 6 nitrogen and oxygen atoms in total. The van der Waals surface area contributed by atoms with E-state index >= 15 is 0 Å². The number of H-pyrrole nitrogens is 1. The van der Waals surface area contributed by atoms with E-state index in [1.165, 1.54) is 17.4 Å². The number of nitrogens with zero attached hydrogens (tertiary/aromatic N) is 4. The zero-order valence-electron chi connectivity index (χ0n) is 20.2. The predicted octanol–water partition coefficient (Wildman–Crippen LogP) is 6.30. The SMILES string of the molecule is Cc1cc(-c2[nH]c3ccc(-c4nnc(C5CCCN(C(C)C)C5)o4)cc3c2C(C)C)ccn1. The molecule has 1 fully saturated rings. The van der Waals surface area contributed by atoms with Crippen LogP contribution in [0.25, 0.3) is 33.6 Å². The Kier molecular flexibility index (Phi) is 5.79. The molecule has 0 amide bonds. The molecule has 1 saturated heterocycles. The summed E-state index contributed by atoms with van der Waals surface area (Å²) in [5.74, 6) is 2.04. The van der Waals surface area contributed by atoms with Gasteiger partial charge in [0.05, 0.1) is 11.6 Å². The largest absolute Gasteiger partial charge is 0.420 e. The van der Waals surface area contributed by atoms with E-state index in [0.29, 0.717) is 23.8 Å². The topological polar surface area (TPSA) is 70.8 Å². The molecule has 1 atom stereocenters. The number of rotatable bonds is 5. The molecule has 3 aromatic heterocycles. The highest BCUT2D eigenvalue weighted by Gasteiger charge is 2.27. The highest BCUT2D eigenvalue weighted by atomic mass is 16.4. The molecule has 0 bridgehead atoms. The number of aryl methyl sites for hydroxylation is 1. The second kappa shape index (κ2) is 8.75. The van der Waals surface area contributed by atoms with E-state index in [1.807, 2.05) is 13.1 Å². The minimum atomic E-state index is 0.311. The number of pyridine rings is 1. The fourth-order valence-corrected chi connectivity index (χ4v) is 5.07. The Balaban J connectivity index is 1.51. The summed E-state index contributed by atoms with van der Waals surface area (Å²) in [6, 6.07) is 11.1. The standard InChI is InChI=1S/C27H33N5O/c1-16(2)24-22-14-20(8-9-23(22)29-25(24)19-10-11-28-18(5)13-19)26-30-31-27(33-26)21-7-6-12-32(15-21)17(3)4/h8-11,13-14,16-17,21,29H,6-7,12,15H2,1-5H3. The lowest BCUT2D eigenvalue weighted by Gasteiger charge is -2.33. The van der Waals surface area contributed by atoms with Gasteiger partial charge in [0.1, 0.15) is 0 Å². The zero-order chi connectivity index (χ0) is 23.1. The van der Waals surface area contributed by atoms with Gasteiger partial charge in [-0.3, -0.25) is 4.98 Å². The van der Waals surface area contributed by atoms with Crippen LogP contribution >= 0.6 is 0 Å². The van der Waals surface area contributed by atoms with Crippen molar-refractivity contribution in [3.05, 3.63) is 53.7 Å². The average molecular weight is 444 g/mol. The molecule has 1 N–H and O–H groups in total. The van der Waals surface area contributed by atoms with Crippen molar-refractivity contribution in [2.24, 2.45) is 0 Å². The van der Waals surface area contributed by atoms with Crippen molar-refractivity contribution >= 4 is 10.9 Å². The third kappa shape index (κ3) is 4.20. The van der Waals surface area contributed by atoms with Crippen molar-refractivity contribution in [3.8, 4) is 22.7 Å². The van der Waals surface area contributed by atoms with Gasteiger partial charge in [0, 0.05) is 46.5 Å². The smallest absolute Gasteiger partial charge is 0.247 e. The number of benzene rings is 1. The number of likely N-dealkylation sites (tertiary alicyclic amines) is 1. The van der Waals surface area contributed by atoms with Gasteiger partial charge in [-0.2, -0.15) is 0 Å². The molecule has 1 unspecified atom stereocenters. The summed E-state index contributed by atoms with van der Waals surface area (Å²) in [6.07, 6.45) is 4.15. The Bertz CT molecular complexity index is 1270. The maximum atomic E-state index is 6.23. The minimum absolute atomic E-state index is 0.311. The lowest BCUT2D eigenvalue weighted by atomic mass is 9.95. The Labute approximate surface area is 195 Å². The molecule has 0 radical (unpaired) electrons. The molecule has 4 aromatic rings. The Hall–Kier alpha value is -2.99. The molecule has 5 rings (SSSR count). The Morgan fingerprint density at radius 1 is 1.06 bits per heavy atom. The number of fused-ring (bicyclic) bond motifs is 1. The summed E-state index contributed by atoms with van der Waals surface area (Å²) < 4.78 is 6.23. The second-order valence-electron chi connectivity index (χ2n) is 9.89. The molecule has 6 heteroatoms. The molecular weight excluding hydrogens is 410 g/mol. The Morgan fingerprint density at radius 3 is 2.67 bits per heavy atom. The van der Waals surface area contributed by atoms with Crippen LogP contribution in [0.4, 0.5) is 0 Å². The van der Waals surface area contributed by atoms with Gasteiger partial charge in [-0.15, -0.1) is 10.2 Å². The van der Waals surface area contributed by atoms with Gasteiger partial charge in [-0.05, 0) is 82.0 Å². The summed E-state index contributed by atoms with van der Waals surface area (Å²) in [5, 5.41) is 10.1. The number of aromatic amines is 1. The summed E-state index contributed by atoms with van der Waals surface area (Å²) in [6.45, 7) is 13.1. The maximum Gasteiger partial charge on any atom is 0.247 e. The van der Waals surface area contributed by atoms with E-state index in [2.05, 4.69) is 83.1 Å². The predicted molar refractivity (Wildman–Crippen MR) is 132 cm³/mol. The lowest BCUT2D eigenvalue weighted by Crippen LogP contribution is -2.39. The van der Waals surface area contributed by atoms with Gasteiger partial charge in [0.2, 0.25) is 11.8 Å². The normalized spacial score (nSPS) is 17.5. The third-order valence-corrected chi connectivity index (χ3v) is 6.82. The minimum Gasteiger partial charge on any atom is -0.420 e. The van der Waals surface area contributed by atoms with Crippen molar-refractivity contribution in [1.29, 1.82) is 0 Å². The average Bonchev–Trinajstić information content (AvgIpc) is 3.44. The lowest BCUT2D eigenvalue weighted by molar-refractivity contribution is 0.157. The van der Waals surface area contributed by atoms with Crippen LogP contribution in [0.5, 0.6) is 0 Å². The van der Waals surface area contributed by atoms with E-state index < -0.39 is 0 Å². The summed E-state index contributed by atoms with van der Waals surface area (Å²) in [5.41, 5.74) is 6.72. The molecule has 4 heterocycles. The molecule has 0 aliphatic carbocycles. The molecule has 172 valence electrons. The van der Waals surface area contributed by atoms with E-state index in [0.717, 1.165) is 53.4 Å². The van der Waals surface area contributed by atoms with Gasteiger partial charge in [-0.25, -0.2) is 0 Å². The number of hydrogen-bond donors (Lipinski definition) is 1. The van der Waals surface area contributed by atoms with E-state index in [4.69, 9.17) is 4.42 Å². The monoisotopic (exact) mass is 443 g/mol. The number of piperidine rings is 1. The van der Waals surface area contributed by atoms with Crippen LogP contribution in [0.2, 0.25) is 0 Å². The molecule has 1 aromatic carbocycles. The fraction of sp³-hybridized carbons (Fsp3) is 0.444. The van der Waals surface area contributed by atoms with Crippen LogP contribution in [0.3, 0.4) is 0 Å². The van der Waals surface area contributed by atoms with Crippen LogP contribution in [0.15, 0.2) is 40.9 Å². The quantitative estimate of drug-likeness (QED) is 0.392. The zero-order valence-corrected chi connectivity index (χ0v) is 20.2. The van der Waals surface area contributed by atoms with Gasteiger partial charge in [-0.1, -0.05) is 13.8 Å².